The molecule has 5 rings (SSSR count). The van der Waals surface area contributed by atoms with Gasteiger partial charge in [0.1, 0.15) is 0 Å². The van der Waals surface area contributed by atoms with Gasteiger partial charge in [-0.05, 0) is 79.3 Å². The molecule has 0 bridgehead atoms. The Balaban J connectivity index is 1.24. The Morgan fingerprint density at radius 3 is 2.23 bits per heavy atom. The van der Waals surface area contributed by atoms with Gasteiger partial charge in [-0.15, -0.1) is 0 Å². The lowest BCUT2D eigenvalue weighted by molar-refractivity contribution is 0.0664. The van der Waals surface area contributed by atoms with Gasteiger partial charge in [-0.3, -0.25) is 14.5 Å². The molecule has 39 heavy (non-hydrogen) atoms. The van der Waals surface area contributed by atoms with Crippen LogP contribution in [-0.4, -0.2) is 50.5 Å². The Morgan fingerprint density at radius 1 is 0.923 bits per heavy atom. The second-order valence-corrected chi connectivity index (χ2v) is 12.9. The van der Waals surface area contributed by atoms with Crippen molar-refractivity contribution in [2.24, 2.45) is 5.92 Å². The van der Waals surface area contributed by atoms with E-state index in [9.17, 15) is 18.0 Å². The van der Waals surface area contributed by atoms with Crippen molar-refractivity contribution in [3.63, 3.8) is 0 Å². The van der Waals surface area contributed by atoms with Gasteiger partial charge < -0.3 is 4.90 Å². The first-order valence-corrected chi connectivity index (χ1v) is 15.2. The second kappa shape index (κ2) is 11.3. The highest BCUT2D eigenvalue weighted by atomic mass is 35.5. The van der Waals surface area contributed by atoms with E-state index in [2.05, 4.69) is 21.8 Å². The van der Waals surface area contributed by atoms with Gasteiger partial charge in [0.05, 0.1) is 22.9 Å². The second-order valence-electron chi connectivity index (χ2n) is 10.1. The summed E-state index contributed by atoms with van der Waals surface area (Å²) in [6.45, 7) is 2.68. The van der Waals surface area contributed by atoms with Gasteiger partial charge in [0.2, 0.25) is 10.0 Å². The van der Waals surface area contributed by atoms with Crippen LogP contribution in [0.15, 0.2) is 66.7 Å². The first-order valence-electron chi connectivity index (χ1n) is 12.8. The van der Waals surface area contributed by atoms with Crippen LogP contribution in [0.4, 0.5) is 5.69 Å². The van der Waals surface area contributed by atoms with Crippen LogP contribution >= 0.6 is 23.2 Å². The number of nitrogens with zero attached hydrogens (tertiary/aromatic N) is 2. The van der Waals surface area contributed by atoms with E-state index in [0.717, 1.165) is 34.6 Å². The van der Waals surface area contributed by atoms with Crippen molar-refractivity contribution in [1.29, 1.82) is 0 Å². The number of benzene rings is 3. The normalized spacial score (nSPS) is 19.5. The molecule has 2 atom stereocenters. The summed E-state index contributed by atoms with van der Waals surface area (Å²) in [6, 6.07) is 20.3. The molecule has 2 aliphatic heterocycles. The highest BCUT2D eigenvalue weighted by Crippen LogP contribution is 2.40. The van der Waals surface area contributed by atoms with Gasteiger partial charge in [0.15, 0.2) is 0 Å². The summed E-state index contributed by atoms with van der Waals surface area (Å²) in [5, 5.41) is 1.36. The van der Waals surface area contributed by atoms with E-state index in [4.69, 9.17) is 23.2 Å². The quantitative estimate of drug-likeness (QED) is 0.354. The molecular formula is C29H29Cl2N3O4S. The summed E-state index contributed by atoms with van der Waals surface area (Å²) < 4.78 is 28.4. The molecule has 0 spiro atoms. The molecule has 0 saturated carbocycles. The molecule has 2 amide bonds. The third-order valence-electron chi connectivity index (χ3n) is 7.41. The van der Waals surface area contributed by atoms with Crippen molar-refractivity contribution in [1.82, 2.24) is 9.62 Å². The summed E-state index contributed by atoms with van der Waals surface area (Å²) in [5.74, 6) is -1.22. The van der Waals surface area contributed by atoms with Crippen LogP contribution < -0.4 is 9.62 Å². The number of piperidine rings is 1. The van der Waals surface area contributed by atoms with Crippen LogP contribution in [-0.2, 0) is 10.0 Å². The van der Waals surface area contributed by atoms with Crippen molar-refractivity contribution in [3.8, 4) is 0 Å². The fraction of sp³-hybridized carbons (Fsp3) is 0.310. The number of carbonyl (C=O) groups excluding carboxylic acids is 2. The number of aryl methyl sites for hydroxylation is 1. The molecular weight excluding hydrogens is 557 g/mol. The molecule has 1 fully saturated rings. The SMILES string of the molecule is Cc1ccc([C@H]2CC[C@H](CNS(=O)(=O)CCN3C(=O)c4ccccc4C3=O)CN2c2ccc(Cl)cc2)c(Cl)c1. The van der Waals surface area contributed by atoms with Crippen LogP contribution in [0.5, 0.6) is 0 Å². The Morgan fingerprint density at radius 2 is 1.59 bits per heavy atom. The maximum Gasteiger partial charge on any atom is 0.261 e. The van der Waals surface area contributed by atoms with Gasteiger partial charge in [-0.1, -0.05) is 47.5 Å². The fourth-order valence-electron chi connectivity index (χ4n) is 5.33. The van der Waals surface area contributed by atoms with E-state index >= 15 is 0 Å². The number of halogens is 2. The van der Waals surface area contributed by atoms with E-state index in [1.807, 2.05) is 37.3 Å². The highest BCUT2D eigenvalue weighted by Gasteiger charge is 2.36. The molecule has 3 aromatic rings. The first-order chi connectivity index (χ1) is 18.6. The van der Waals surface area contributed by atoms with Crippen LogP contribution in [0.25, 0.3) is 0 Å². The van der Waals surface area contributed by atoms with Crippen molar-refractivity contribution in [2.75, 3.05) is 30.3 Å². The minimum Gasteiger partial charge on any atom is -0.364 e. The van der Waals surface area contributed by atoms with Crippen LogP contribution in [0, 0.1) is 12.8 Å². The number of fused-ring (bicyclic) bond motifs is 1. The van der Waals surface area contributed by atoms with Gasteiger partial charge >= 0.3 is 0 Å². The standard InChI is InChI=1S/C29H29Cl2N3O4S/c1-19-6-12-25(26(31)16-19)27-13-7-20(18-34(27)22-10-8-21(30)9-11-22)17-32-39(37,38)15-14-33-28(35)23-4-2-3-5-24(23)29(33)36/h2-6,8-12,16,20,27,32H,7,13-15,17-18H2,1H3/t20-,27-/m1/s1. The Kier molecular flexibility index (Phi) is 8.01. The molecule has 204 valence electrons. The number of nitrogens with one attached hydrogen (secondary N) is 1. The number of imide groups is 1. The summed E-state index contributed by atoms with van der Waals surface area (Å²) in [4.78, 5) is 28.4. The van der Waals surface area contributed by atoms with Gasteiger partial charge in [0.25, 0.3) is 11.8 Å². The molecule has 7 nitrogen and oxygen atoms in total. The molecule has 0 unspecified atom stereocenters. The van der Waals surface area contributed by atoms with E-state index in [1.165, 1.54) is 0 Å². The average Bonchev–Trinajstić information content (AvgIpc) is 3.16. The van der Waals surface area contributed by atoms with Gasteiger partial charge in [-0.2, -0.15) is 0 Å². The predicted octanol–water partition coefficient (Wildman–Crippen LogP) is 5.48. The van der Waals surface area contributed by atoms with Crippen LogP contribution in [0.1, 0.15) is 50.7 Å². The van der Waals surface area contributed by atoms with Gasteiger partial charge in [0, 0.05) is 35.4 Å². The minimum absolute atomic E-state index is 0.0426. The lowest BCUT2D eigenvalue weighted by Crippen LogP contribution is -2.44. The molecule has 1 N–H and O–H groups in total. The molecule has 1 saturated heterocycles. The molecule has 10 heteroatoms. The van der Waals surface area contributed by atoms with Crippen molar-refractivity contribution >= 4 is 50.7 Å². The number of anilines is 1. The number of amides is 2. The fourth-order valence-corrected chi connectivity index (χ4v) is 6.87. The third-order valence-corrected chi connectivity index (χ3v) is 9.31. The summed E-state index contributed by atoms with van der Waals surface area (Å²) in [7, 11) is -3.72. The summed E-state index contributed by atoms with van der Waals surface area (Å²) in [6.07, 6.45) is 1.60. The Bertz CT molecular complexity index is 1480. The largest absolute Gasteiger partial charge is 0.364 e. The van der Waals surface area contributed by atoms with Crippen molar-refractivity contribution in [2.45, 2.75) is 25.8 Å². The first kappa shape index (κ1) is 27.6. The lowest BCUT2D eigenvalue weighted by Gasteiger charge is -2.42. The van der Waals surface area contributed by atoms with Crippen molar-refractivity contribution < 1.29 is 18.0 Å². The maximum atomic E-state index is 12.9. The van der Waals surface area contributed by atoms with E-state index < -0.39 is 21.8 Å². The molecule has 0 radical (unpaired) electrons. The molecule has 2 heterocycles. The van der Waals surface area contributed by atoms with Crippen LogP contribution in [0.2, 0.25) is 10.0 Å². The maximum absolute atomic E-state index is 12.9. The monoisotopic (exact) mass is 585 g/mol. The zero-order valence-corrected chi connectivity index (χ0v) is 23.8. The number of rotatable bonds is 8. The molecule has 0 aliphatic carbocycles. The van der Waals surface area contributed by atoms with Crippen LogP contribution in [0.3, 0.4) is 0 Å². The van der Waals surface area contributed by atoms with Crippen molar-refractivity contribution in [3.05, 3.63) is 99.0 Å². The molecule has 0 aromatic heterocycles. The number of carbonyl (C=O) groups is 2. The third kappa shape index (κ3) is 5.99. The smallest absolute Gasteiger partial charge is 0.261 e. The number of hydrogen-bond donors (Lipinski definition) is 1. The lowest BCUT2D eigenvalue weighted by atomic mass is 9.88. The number of hydrogen-bond acceptors (Lipinski definition) is 5. The van der Waals surface area contributed by atoms with E-state index in [-0.39, 0.29) is 30.8 Å². The Hall–Kier alpha value is -2.91. The van der Waals surface area contributed by atoms with E-state index in [0.29, 0.717) is 27.7 Å². The summed E-state index contributed by atoms with van der Waals surface area (Å²) in [5.41, 5.74) is 3.73. The molecule has 3 aromatic carbocycles. The highest BCUT2D eigenvalue weighted by molar-refractivity contribution is 7.89. The zero-order valence-electron chi connectivity index (χ0n) is 21.4. The molecule has 2 aliphatic rings. The summed E-state index contributed by atoms with van der Waals surface area (Å²) >= 11 is 12.8. The van der Waals surface area contributed by atoms with Gasteiger partial charge in [-0.25, -0.2) is 13.1 Å². The van der Waals surface area contributed by atoms with E-state index in [1.54, 1.807) is 24.3 Å². The Labute approximate surface area is 238 Å². The number of sulfonamides is 1. The topological polar surface area (TPSA) is 86.8 Å². The predicted molar refractivity (Wildman–Crippen MR) is 154 cm³/mol. The zero-order chi connectivity index (χ0) is 27.7. The minimum atomic E-state index is -3.72. The average molecular weight is 587 g/mol.